The molecule has 1 N–H and O–H groups in total. The second kappa shape index (κ2) is 3.69. The number of halogens is 5. The van der Waals surface area contributed by atoms with Crippen molar-refractivity contribution in [1.82, 2.24) is 0 Å². The lowest BCUT2D eigenvalue weighted by Gasteiger charge is -2.13. The number of alkyl halides is 2. The molecule has 0 aliphatic carbocycles. The lowest BCUT2D eigenvalue weighted by Crippen LogP contribution is -2.26. The molecule has 2 nitrogen and oxygen atoms in total. The smallest absolute Gasteiger partial charge is 0.379 e. The Morgan fingerprint density at radius 3 is 2.33 bits per heavy atom. The molecule has 1 aromatic carbocycles. The van der Waals surface area contributed by atoms with E-state index in [1.807, 2.05) is 0 Å². The zero-order valence-electron chi connectivity index (χ0n) is 6.90. The summed E-state index contributed by atoms with van der Waals surface area (Å²) in [5, 5.41) is 7.04. The molecule has 1 rings (SSSR count). The van der Waals surface area contributed by atoms with Crippen LogP contribution in [0.4, 0.5) is 17.6 Å². The van der Waals surface area contributed by atoms with Gasteiger partial charge in [-0.25, -0.2) is 13.6 Å². The highest BCUT2D eigenvalue weighted by Crippen LogP contribution is 2.35. The predicted molar refractivity (Wildman–Crippen MR) is 42.9 cm³/mol. The van der Waals surface area contributed by atoms with Crippen LogP contribution in [0.25, 0.3) is 0 Å². The summed E-state index contributed by atoms with van der Waals surface area (Å²) in [6, 6.07) is 0.462. The van der Waals surface area contributed by atoms with Gasteiger partial charge in [0, 0.05) is 6.07 Å². The number of carboxylic acids is 1. The molecule has 0 aromatic heterocycles. The molecule has 7 heteroatoms. The van der Waals surface area contributed by atoms with Crippen molar-refractivity contribution < 1.29 is 27.5 Å². The third kappa shape index (κ3) is 2.04. The third-order valence-electron chi connectivity index (χ3n) is 1.60. The highest BCUT2D eigenvalue weighted by atomic mass is 35.5. The maximum atomic E-state index is 12.9. The fraction of sp³-hybridized carbons (Fsp3) is 0.125. The Labute approximate surface area is 86.1 Å². The van der Waals surface area contributed by atoms with Crippen LogP contribution in [0.5, 0.6) is 0 Å². The number of aliphatic carboxylic acids is 1. The van der Waals surface area contributed by atoms with Gasteiger partial charge >= 0.3 is 11.9 Å². The van der Waals surface area contributed by atoms with Crippen molar-refractivity contribution in [3.05, 3.63) is 34.4 Å². The lowest BCUT2D eigenvalue weighted by molar-refractivity contribution is -0.166. The highest BCUT2D eigenvalue weighted by Gasteiger charge is 2.43. The topological polar surface area (TPSA) is 37.3 Å². The van der Waals surface area contributed by atoms with Crippen LogP contribution in [-0.4, -0.2) is 11.1 Å². The van der Waals surface area contributed by atoms with Gasteiger partial charge in [0.25, 0.3) is 0 Å². The van der Waals surface area contributed by atoms with Crippen LogP contribution in [0.15, 0.2) is 12.1 Å². The quantitative estimate of drug-likeness (QED) is 0.640. The second-order valence-electron chi connectivity index (χ2n) is 2.63. The van der Waals surface area contributed by atoms with Gasteiger partial charge in [-0.1, -0.05) is 11.6 Å². The van der Waals surface area contributed by atoms with E-state index in [-0.39, 0.29) is 12.1 Å². The molecule has 0 aliphatic rings. The van der Waals surface area contributed by atoms with Crippen LogP contribution in [0.1, 0.15) is 5.56 Å². The van der Waals surface area contributed by atoms with Crippen LogP contribution >= 0.6 is 11.6 Å². The van der Waals surface area contributed by atoms with Gasteiger partial charge in [-0.2, -0.15) is 8.78 Å². The standard InChI is InChI=1S/C8H3ClF4O2/c9-6-4(8(12,13)7(14)15)1-3(10)2-5(6)11/h1-2H,(H,14,15). The van der Waals surface area contributed by atoms with Gasteiger partial charge in [0.05, 0.1) is 10.6 Å². The minimum absolute atomic E-state index is 0.180. The molecule has 0 saturated carbocycles. The first-order valence-corrected chi connectivity index (χ1v) is 3.91. The normalized spacial score (nSPS) is 11.5. The molecule has 0 amide bonds. The van der Waals surface area contributed by atoms with E-state index in [1.54, 1.807) is 0 Å². The summed E-state index contributed by atoms with van der Waals surface area (Å²) >= 11 is 5.11. The first kappa shape index (κ1) is 11.8. The first-order chi connectivity index (χ1) is 6.76. The fourth-order valence-electron chi connectivity index (χ4n) is 0.900. The fourth-order valence-corrected chi connectivity index (χ4v) is 1.13. The first-order valence-electron chi connectivity index (χ1n) is 3.53. The molecule has 1 aromatic rings. The molecule has 0 bridgehead atoms. The van der Waals surface area contributed by atoms with Gasteiger partial charge in [0.1, 0.15) is 11.6 Å². The van der Waals surface area contributed by atoms with E-state index >= 15 is 0 Å². The Morgan fingerprint density at radius 2 is 1.87 bits per heavy atom. The molecule has 0 spiro atoms. The van der Waals surface area contributed by atoms with Crippen LogP contribution in [0, 0.1) is 11.6 Å². The van der Waals surface area contributed by atoms with Gasteiger partial charge < -0.3 is 5.11 Å². The summed E-state index contributed by atoms with van der Waals surface area (Å²) in [7, 11) is 0. The second-order valence-corrected chi connectivity index (χ2v) is 3.01. The Morgan fingerprint density at radius 1 is 1.33 bits per heavy atom. The van der Waals surface area contributed by atoms with Crippen molar-refractivity contribution in [2.75, 3.05) is 0 Å². The van der Waals surface area contributed by atoms with Crippen LogP contribution in [0.2, 0.25) is 5.02 Å². The SMILES string of the molecule is O=C(O)C(F)(F)c1cc(F)cc(F)c1Cl. The molecule has 82 valence electrons. The Hall–Kier alpha value is -1.30. The monoisotopic (exact) mass is 242 g/mol. The Balaban J connectivity index is 3.43. The van der Waals surface area contributed by atoms with E-state index in [2.05, 4.69) is 0 Å². The van der Waals surface area contributed by atoms with Crippen molar-refractivity contribution in [2.24, 2.45) is 0 Å². The van der Waals surface area contributed by atoms with Crippen molar-refractivity contribution >= 4 is 17.6 Å². The zero-order valence-corrected chi connectivity index (χ0v) is 7.66. The molecular weight excluding hydrogens is 240 g/mol. The van der Waals surface area contributed by atoms with Gasteiger partial charge in [-0.3, -0.25) is 0 Å². The van der Waals surface area contributed by atoms with Gasteiger partial charge in [0.15, 0.2) is 0 Å². The maximum absolute atomic E-state index is 12.9. The van der Waals surface area contributed by atoms with Crippen LogP contribution in [0.3, 0.4) is 0 Å². The number of rotatable bonds is 2. The number of benzene rings is 1. The van der Waals surface area contributed by atoms with Crippen molar-refractivity contribution in [1.29, 1.82) is 0 Å². The summed E-state index contributed by atoms with van der Waals surface area (Å²) in [5.41, 5.74) is -1.41. The minimum atomic E-state index is -4.43. The summed E-state index contributed by atoms with van der Waals surface area (Å²) in [6.45, 7) is 0. The van der Waals surface area contributed by atoms with E-state index in [1.165, 1.54) is 0 Å². The molecule has 0 radical (unpaired) electrons. The summed E-state index contributed by atoms with van der Waals surface area (Å²) in [5.74, 6) is -9.73. The molecule has 0 fully saturated rings. The summed E-state index contributed by atoms with van der Waals surface area (Å²) in [6.07, 6.45) is 0. The summed E-state index contributed by atoms with van der Waals surface area (Å²) in [4.78, 5) is 10.1. The van der Waals surface area contributed by atoms with Gasteiger partial charge in [-0.05, 0) is 6.07 Å². The largest absolute Gasteiger partial charge is 0.477 e. The Kier molecular flexibility index (Phi) is 2.90. The number of carbonyl (C=O) groups is 1. The molecule has 0 aliphatic heterocycles. The number of carboxylic acid groups (broad SMARTS) is 1. The van der Waals surface area contributed by atoms with E-state index in [4.69, 9.17) is 16.7 Å². The molecule has 0 unspecified atom stereocenters. The number of hydrogen-bond donors (Lipinski definition) is 1. The van der Waals surface area contributed by atoms with Crippen molar-refractivity contribution in [3.8, 4) is 0 Å². The Bertz CT molecular complexity index is 419. The lowest BCUT2D eigenvalue weighted by atomic mass is 10.1. The molecule has 0 saturated heterocycles. The maximum Gasteiger partial charge on any atom is 0.379 e. The van der Waals surface area contributed by atoms with E-state index in [0.717, 1.165) is 0 Å². The predicted octanol–water partition coefficient (Wildman–Crippen LogP) is 2.79. The molecule has 0 atom stereocenters. The zero-order chi connectivity index (χ0) is 11.8. The molecule has 0 heterocycles. The highest BCUT2D eigenvalue weighted by molar-refractivity contribution is 6.31. The molecular formula is C8H3ClF4O2. The summed E-state index contributed by atoms with van der Waals surface area (Å²) < 4.78 is 51.1. The van der Waals surface area contributed by atoms with Crippen LogP contribution in [-0.2, 0) is 10.7 Å². The average molecular weight is 243 g/mol. The average Bonchev–Trinajstić information content (AvgIpc) is 2.10. The van der Waals surface area contributed by atoms with Gasteiger partial charge in [-0.15, -0.1) is 0 Å². The van der Waals surface area contributed by atoms with E-state index in [0.29, 0.717) is 0 Å². The number of hydrogen-bond acceptors (Lipinski definition) is 1. The van der Waals surface area contributed by atoms with Gasteiger partial charge in [0.2, 0.25) is 0 Å². The van der Waals surface area contributed by atoms with Crippen LogP contribution < -0.4 is 0 Å². The van der Waals surface area contributed by atoms with E-state index < -0.39 is 34.1 Å². The van der Waals surface area contributed by atoms with E-state index in [9.17, 15) is 22.4 Å². The minimum Gasteiger partial charge on any atom is -0.477 e. The van der Waals surface area contributed by atoms with Crippen molar-refractivity contribution in [3.63, 3.8) is 0 Å². The van der Waals surface area contributed by atoms with Crippen molar-refractivity contribution in [2.45, 2.75) is 5.92 Å². The molecule has 15 heavy (non-hydrogen) atoms. The third-order valence-corrected chi connectivity index (χ3v) is 1.98.